The number of carbonyl (C=O) groups is 2. The summed E-state index contributed by atoms with van der Waals surface area (Å²) >= 11 is 0. The molecule has 0 unspecified atom stereocenters. The van der Waals surface area contributed by atoms with Crippen LogP contribution < -0.4 is 16.0 Å². The molecule has 4 N–H and O–H groups in total. The molecule has 176 valence electrons. The van der Waals surface area contributed by atoms with Crippen molar-refractivity contribution in [3.8, 4) is 11.1 Å². The third-order valence-electron chi connectivity index (χ3n) is 5.97. The second-order valence-electron chi connectivity index (χ2n) is 9.68. The molecule has 2 aromatic rings. The average molecular weight is 453 g/mol. The maximum atomic E-state index is 13.1. The predicted octanol–water partition coefficient (Wildman–Crippen LogP) is 2.51. The summed E-state index contributed by atoms with van der Waals surface area (Å²) in [6.45, 7) is 7.35. The number of anilines is 1. The average Bonchev–Trinajstić information content (AvgIpc) is 3.57. The van der Waals surface area contributed by atoms with Gasteiger partial charge < -0.3 is 25.8 Å². The Bertz CT molecular complexity index is 1040. The number of aryl methyl sites for hydroxylation is 1. The van der Waals surface area contributed by atoms with Crippen LogP contribution in [-0.4, -0.2) is 59.9 Å². The SMILES string of the molecule is Cc1ccc(C(=O)NC2CC2)cc1-c1cnc(NC(C)(C)CO)c(C(=O)NCC2COC2)c1. The number of ether oxygens (including phenoxy) is 1. The highest BCUT2D eigenvalue weighted by Crippen LogP contribution is 2.29. The maximum absolute atomic E-state index is 13.1. The lowest BCUT2D eigenvalue weighted by Gasteiger charge is -2.27. The van der Waals surface area contributed by atoms with Gasteiger partial charge in [0.2, 0.25) is 0 Å². The van der Waals surface area contributed by atoms with E-state index in [0.717, 1.165) is 29.5 Å². The van der Waals surface area contributed by atoms with Gasteiger partial charge in [0, 0.05) is 35.8 Å². The minimum Gasteiger partial charge on any atom is -0.394 e. The molecule has 2 amide bonds. The first-order chi connectivity index (χ1) is 15.8. The lowest BCUT2D eigenvalue weighted by atomic mass is 9.97. The zero-order valence-electron chi connectivity index (χ0n) is 19.4. The molecule has 4 rings (SSSR count). The molecule has 0 bridgehead atoms. The number of pyridine rings is 1. The Morgan fingerprint density at radius 1 is 1.18 bits per heavy atom. The molecule has 0 atom stereocenters. The van der Waals surface area contributed by atoms with E-state index >= 15 is 0 Å². The Morgan fingerprint density at radius 2 is 1.94 bits per heavy atom. The van der Waals surface area contributed by atoms with Gasteiger partial charge in [0.1, 0.15) is 5.82 Å². The van der Waals surface area contributed by atoms with Crippen LogP contribution in [0, 0.1) is 12.8 Å². The number of carbonyl (C=O) groups excluding carboxylic acids is 2. The first kappa shape index (κ1) is 23.2. The van der Waals surface area contributed by atoms with Crippen LogP contribution in [-0.2, 0) is 4.74 Å². The van der Waals surface area contributed by atoms with Gasteiger partial charge in [0.05, 0.1) is 30.9 Å². The molecule has 0 spiro atoms. The molecule has 2 heterocycles. The number of aliphatic hydroxyl groups is 1. The second-order valence-corrected chi connectivity index (χ2v) is 9.68. The van der Waals surface area contributed by atoms with Crippen molar-refractivity contribution in [2.45, 2.75) is 45.2 Å². The Morgan fingerprint density at radius 3 is 2.58 bits per heavy atom. The summed E-state index contributed by atoms with van der Waals surface area (Å²) in [5.74, 6) is 0.392. The van der Waals surface area contributed by atoms with E-state index in [4.69, 9.17) is 4.74 Å². The molecule has 33 heavy (non-hydrogen) atoms. The van der Waals surface area contributed by atoms with Gasteiger partial charge >= 0.3 is 0 Å². The van der Waals surface area contributed by atoms with Crippen molar-refractivity contribution in [2.24, 2.45) is 5.92 Å². The van der Waals surface area contributed by atoms with Crippen LogP contribution in [0.4, 0.5) is 5.82 Å². The molecule has 1 saturated carbocycles. The summed E-state index contributed by atoms with van der Waals surface area (Å²) < 4.78 is 5.19. The highest BCUT2D eigenvalue weighted by atomic mass is 16.5. The molecule has 0 radical (unpaired) electrons. The molecule has 1 aromatic heterocycles. The fourth-order valence-electron chi connectivity index (χ4n) is 3.55. The monoisotopic (exact) mass is 452 g/mol. The summed E-state index contributed by atoms with van der Waals surface area (Å²) in [7, 11) is 0. The summed E-state index contributed by atoms with van der Waals surface area (Å²) in [6.07, 6.45) is 3.74. The van der Waals surface area contributed by atoms with Gasteiger partial charge in [0.15, 0.2) is 0 Å². The number of nitrogens with one attached hydrogen (secondary N) is 3. The van der Waals surface area contributed by atoms with Crippen molar-refractivity contribution >= 4 is 17.6 Å². The molecule has 8 heteroatoms. The van der Waals surface area contributed by atoms with Gasteiger partial charge in [-0.2, -0.15) is 0 Å². The number of hydrogen-bond donors (Lipinski definition) is 4. The first-order valence-corrected chi connectivity index (χ1v) is 11.4. The van der Waals surface area contributed by atoms with Crippen molar-refractivity contribution in [3.63, 3.8) is 0 Å². The van der Waals surface area contributed by atoms with E-state index in [2.05, 4.69) is 20.9 Å². The highest BCUT2D eigenvalue weighted by molar-refractivity contribution is 6.00. The first-order valence-electron chi connectivity index (χ1n) is 11.4. The van der Waals surface area contributed by atoms with E-state index in [1.807, 2.05) is 39.0 Å². The standard InChI is InChI=1S/C25H32N4O4/c1-15-4-5-17(23(31)28-19-6-7-19)8-20(15)18-9-21(24(32)27-10-16-12-33-13-16)22(26-11-18)29-25(2,3)14-30/h4-5,8-9,11,16,19,30H,6-7,10,12-14H2,1-3H3,(H,26,29)(H,27,32)(H,28,31). The Kier molecular flexibility index (Phi) is 6.67. The maximum Gasteiger partial charge on any atom is 0.255 e. The molecular formula is C25H32N4O4. The molecule has 1 aliphatic carbocycles. The highest BCUT2D eigenvalue weighted by Gasteiger charge is 2.26. The Balaban J connectivity index is 1.65. The van der Waals surface area contributed by atoms with Gasteiger partial charge in [-0.3, -0.25) is 9.59 Å². The van der Waals surface area contributed by atoms with E-state index in [1.54, 1.807) is 12.3 Å². The van der Waals surface area contributed by atoms with Crippen molar-refractivity contribution in [1.82, 2.24) is 15.6 Å². The zero-order chi connectivity index (χ0) is 23.6. The number of benzene rings is 1. The summed E-state index contributed by atoms with van der Waals surface area (Å²) in [6, 6.07) is 7.65. The van der Waals surface area contributed by atoms with Crippen molar-refractivity contribution in [3.05, 3.63) is 47.2 Å². The number of nitrogens with zero attached hydrogens (tertiary/aromatic N) is 1. The fourth-order valence-corrected chi connectivity index (χ4v) is 3.55. The van der Waals surface area contributed by atoms with Crippen molar-refractivity contribution < 1.29 is 19.4 Å². The van der Waals surface area contributed by atoms with Crippen LogP contribution in [0.25, 0.3) is 11.1 Å². The van der Waals surface area contributed by atoms with Crippen molar-refractivity contribution in [1.29, 1.82) is 0 Å². The normalized spacial score (nSPS) is 16.1. The van der Waals surface area contributed by atoms with Gasteiger partial charge in [-0.05, 0) is 62.9 Å². The Hall–Kier alpha value is -2.97. The van der Waals surface area contributed by atoms with Gasteiger partial charge in [-0.15, -0.1) is 0 Å². The van der Waals surface area contributed by atoms with E-state index in [9.17, 15) is 14.7 Å². The molecule has 2 fully saturated rings. The van der Waals surface area contributed by atoms with Gasteiger partial charge in [-0.25, -0.2) is 4.98 Å². The largest absolute Gasteiger partial charge is 0.394 e. The third kappa shape index (κ3) is 5.69. The fraction of sp³-hybridized carbons (Fsp3) is 0.480. The number of rotatable bonds is 9. The summed E-state index contributed by atoms with van der Waals surface area (Å²) in [5.41, 5.74) is 2.90. The van der Waals surface area contributed by atoms with Crippen LogP contribution >= 0.6 is 0 Å². The van der Waals surface area contributed by atoms with E-state index in [0.29, 0.717) is 42.6 Å². The smallest absolute Gasteiger partial charge is 0.255 e. The molecule has 2 aliphatic rings. The van der Waals surface area contributed by atoms with E-state index in [1.165, 1.54) is 0 Å². The summed E-state index contributed by atoms with van der Waals surface area (Å²) in [5, 5.41) is 18.8. The third-order valence-corrected chi connectivity index (χ3v) is 5.97. The van der Waals surface area contributed by atoms with Crippen LogP contribution in [0.2, 0.25) is 0 Å². The molecular weight excluding hydrogens is 420 g/mol. The van der Waals surface area contributed by atoms with E-state index in [-0.39, 0.29) is 24.5 Å². The van der Waals surface area contributed by atoms with Crippen LogP contribution in [0.3, 0.4) is 0 Å². The quantitative estimate of drug-likeness (QED) is 0.465. The van der Waals surface area contributed by atoms with Gasteiger partial charge in [0.25, 0.3) is 11.8 Å². The number of aliphatic hydroxyl groups excluding tert-OH is 1. The molecule has 1 aromatic carbocycles. The second kappa shape index (κ2) is 9.49. The van der Waals surface area contributed by atoms with Crippen molar-refractivity contribution in [2.75, 3.05) is 31.7 Å². The van der Waals surface area contributed by atoms with E-state index < -0.39 is 5.54 Å². The van der Waals surface area contributed by atoms with Crippen LogP contribution in [0.15, 0.2) is 30.5 Å². The van der Waals surface area contributed by atoms with Gasteiger partial charge in [-0.1, -0.05) is 6.07 Å². The van der Waals surface area contributed by atoms with Crippen LogP contribution in [0.1, 0.15) is 53.0 Å². The molecule has 8 nitrogen and oxygen atoms in total. The molecule has 1 saturated heterocycles. The van der Waals surface area contributed by atoms with Crippen LogP contribution in [0.5, 0.6) is 0 Å². The summed E-state index contributed by atoms with van der Waals surface area (Å²) in [4.78, 5) is 30.2. The topological polar surface area (TPSA) is 113 Å². The lowest BCUT2D eigenvalue weighted by Crippen LogP contribution is -2.40. The minimum atomic E-state index is -0.651. The predicted molar refractivity (Wildman–Crippen MR) is 126 cm³/mol. The minimum absolute atomic E-state index is 0.0876. The molecule has 1 aliphatic heterocycles. The zero-order valence-corrected chi connectivity index (χ0v) is 19.4. The number of aromatic nitrogens is 1. The number of hydrogen-bond acceptors (Lipinski definition) is 6. The lowest BCUT2D eigenvalue weighted by molar-refractivity contribution is -0.0298. The number of amides is 2. The Labute approximate surface area is 194 Å².